The van der Waals surface area contributed by atoms with Crippen molar-refractivity contribution in [1.29, 1.82) is 0 Å². The van der Waals surface area contributed by atoms with Gasteiger partial charge in [0.25, 0.3) is 5.91 Å². The van der Waals surface area contributed by atoms with Gasteiger partial charge in [0.1, 0.15) is 11.6 Å². The molecule has 3 aromatic rings. The highest BCUT2D eigenvalue weighted by Crippen LogP contribution is 2.28. The van der Waals surface area contributed by atoms with E-state index in [9.17, 15) is 22.0 Å². The average Bonchev–Trinajstić information content (AvgIpc) is 3.17. The Morgan fingerprint density at radius 2 is 1.90 bits per heavy atom. The van der Waals surface area contributed by atoms with E-state index < -0.39 is 27.6 Å². The summed E-state index contributed by atoms with van der Waals surface area (Å²) in [5, 5.41) is 4.22. The molecule has 0 unspecified atom stereocenters. The van der Waals surface area contributed by atoms with Gasteiger partial charge in [0, 0.05) is 29.6 Å². The van der Waals surface area contributed by atoms with Gasteiger partial charge in [-0.1, -0.05) is 6.07 Å². The Bertz CT molecular complexity index is 1190. The van der Waals surface area contributed by atoms with Crippen LogP contribution in [-0.4, -0.2) is 36.7 Å². The monoisotopic (exact) mass is 451 g/mol. The van der Waals surface area contributed by atoms with Crippen LogP contribution in [0.4, 0.5) is 13.9 Å². The highest BCUT2D eigenvalue weighted by atomic mass is 32.2. The molecule has 0 aliphatic rings. The molecule has 3 rings (SSSR count). The Balaban J connectivity index is 1.83. The number of nitrogens with zero attached hydrogens (tertiary/aromatic N) is 2. The van der Waals surface area contributed by atoms with Crippen molar-refractivity contribution >= 4 is 32.4 Å². The number of anilines is 1. The fourth-order valence-corrected chi connectivity index (χ4v) is 4.68. The van der Waals surface area contributed by atoms with E-state index in [1.807, 2.05) is 0 Å². The Morgan fingerprint density at radius 1 is 1.17 bits per heavy atom. The van der Waals surface area contributed by atoms with Crippen molar-refractivity contribution in [2.24, 2.45) is 0 Å². The summed E-state index contributed by atoms with van der Waals surface area (Å²) in [6.45, 7) is 3.49. The highest BCUT2D eigenvalue weighted by Gasteiger charge is 2.24. The van der Waals surface area contributed by atoms with Crippen molar-refractivity contribution in [3.05, 3.63) is 65.0 Å². The van der Waals surface area contributed by atoms with E-state index in [1.165, 1.54) is 41.0 Å². The largest absolute Gasteiger partial charge is 0.298 e. The molecule has 0 atom stereocenters. The van der Waals surface area contributed by atoms with E-state index in [0.717, 1.165) is 29.5 Å². The number of sulfonamides is 1. The van der Waals surface area contributed by atoms with Crippen LogP contribution in [0.1, 0.15) is 24.2 Å². The predicted molar refractivity (Wildman–Crippen MR) is 112 cm³/mol. The lowest BCUT2D eigenvalue weighted by molar-refractivity contribution is 0.102. The minimum Gasteiger partial charge on any atom is -0.298 e. The van der Waals surface area contributed by atoms with E-state index in [1.54, 1.807) is 13.8 Å². The van der Waals surface area contributed by atoms with Crippen LogP contribution in [0.15, 0.2) is 52.7 Å². The predicted octanol–water partition coefficient (Wildman–Crippen LogP) is 4.37. The number of hydrogen-bond donors (Lipinski definition) is 1. The third-order valence-electron chi connectivity index (χ3n) is 4.43. The zero-order valence-corrected chi connectivity index (χ0v) is 18.0. The molecular formula is C20H19F2N3O3S2. The number of carbonyl (C=O) groups is 1. The van der Waals surface area contributed by atoms with Crippen molar-refractivity contribution in [1.82, 2.24) is 9.29 Å². The fourth-order valence-electron chi connectivity index (χ4n) is 2.56. The number of aromatic nitrogens is 1. The summed E-state index contributed by atoms with van der Waals surface area (Å²) >= 11 is 1.04. The topological polar surface area (TPSA) is 79.4 Å². The van der Waals surface area contributed by atoms with E-state index in [4.69, 9.17) is 0 Å². The Hall–Kier alpha value is -2.69. The van der Waals surface area contributed by atoms with E-state index in [0.29, 0.717) is 0 Å². The zero-order chi connectivity index (χ0) is 22.1. The molecule has 1 N–H and O–H groups in total. The number of nitrogens with one attached hydrogen (secondary N) is 1. The Morgan fingerprint density at radius 3 is 2.60 bits per heavy atom. The maximum atomic E-state index is 13.9. The minimum atomic E-state index is -3.74. The van der Waals surface area contributed by atoms with Crippen molar-refractivity contribution in [2.45, 2.75) is 24.8 Å². The third kappa shape index (κ3) is 4.55. The van der Waals surface area contributed by atoms with Gasteiger partial charge in [-0.2, -0.15) is 4.31 Å². The molecule has 158 valence electrons. The van der Waals surface area contributed by atoms with Crippen LogP contribution in [0.25, 0.3) is 11.3 Å². The van der Waals surface area contributed by atoms with E-state index in [2.05, 4.69) is 10.3 Å². The molecule has 0 aliphatic heterocycles. The SMILES string of the molecule is CC(C)N(C)S(=O)(=O)c1cccc(C(=O)Nc2nc(-c3cc(F)ccc3F)cs2)c1. The summed E-state index contributed by atoms with van der Waals surface area (Å²) in [6.07, 6.45) is 0. The molecular weight excluding hydrogens is 432 g/mol. The van der Waals surface area contributed by atoms with Crippen molar-refractivity contribution in [3.63, 3.8) is 0 Å². The molecule has 1 heterocycles. The molecule has 10 heteroatoms. The molecule has 1 amide bonds. The number of rotatable bonds is 6. The lowest BCUT2D eigenvalue weighted by Gasteiger charge is -2.21. The van der Waals surface area contributed by atoms with Crippen molar-refractivity contribution in [2.75, 3.05) is 12.4 Å². The molecule has 0 fully saturated rings. The summed E-state index contributed by atoms with van der Waals surface area (Å²) in [5.41, 5.74) is 0.292. The van der Waals surface area contributed by atoms with Crippen LogP contribution in [0.3, 0.4) is 0 Å². The highest BCUT2D eigenvalue weighted by molar-refractivity contribution is 7.89. The lowest BCUT2D eigenvalue weighted by Crippen LogP contribution is -2.33. The van der Waals surface area contributed by atoms with Gasteiger partial charge in [0.05, 0.1) is 10.6 Å². The van der Waals surface area contributed by atoms with Crippen LogP contribution in [0.5, 0.6) is 0 Å². The summed E-state index contributed by atoms with van der Waals surface area (Å²) in [4.78, 5) is 16.7. The molecule has 0 saturated heterocycles. The quantitative estimate of drug-likeness (QED) is 0.604. The van der Waals surface area contributed by atoms with Crippen LogP contribution in [0.2, 0.25) is 0 Å². The van der Waals surface area contributed by atoms with E-state index >= 15 is 0 Å². The smallest absolute Gasteiger partial charge is 0.257 e. The average molecular weight is 452 g/mol. The number of carbonyl (C=O) groups excluding carboxylic acids is 1. The van der Waals surface area contributed by atoms with Crippen molar-refractivity contribution < 1.29 is 22.0 Å². The van der Waals surface area contributed by atoms with Gasteiger partial charge in [-0.15, -0.1) is 11.3 Å². The van der Waals surface area contributed by atoms with Crippen LogP contribution >= 0.6 is 11.3 Å². The van der Waals surface area contributed by atoms with Gasteiger partial charge in [-0.3, -0.25) is 10.1 Å². The second-order valence-corrected chi connectivity index (χ2v) is 9.61. The molecule has 2 aromatic carbocycles. The maximum Gasteiger partial charge on any atom is 0.257 e. The molecule has 0 aliphatic carbocycles. The maximum absolute atomic E-state index is 13.9. The minimum absolute atomic E-state index is 0.00647. The number of halogens is 2. The summed E-state index contributed by atoms with van der Waals surface area (Å²) < 4.78 is 53.8. The van der Waals surface area contributed by atoms with Crippen LogP contribution in [-0.2, 0) is 10.0 Å². The molecule has 6 nitrogen and oxygen atoms in total. The van der Waals surface area contributed by atoms with Gasteiger partial charge in [-0.05, 0) is 50.2 Å². The van der Waals surface area contributed by atoms with Gasteiger partial charge < -0.3 is 0 Å². The molecule has 0 radical (unpaired) electrons. The number of benzene rings is 2. The number of amides is 1. The standard InChI is InChI=1S/C20H19F2N3O3S2/c1-12(2)25(3)30(27,28)15-6-4-5-13(9-15)19(26)24-20-23-18(11-29-20)16-10-14(21)7-8-17(16)22/h4-12H,1-3H3,(H,23,24,26). The first-order valence-corrected chi connectivity index (χ1v) is 11.2. The van der Waals surface area contributed by atoms with E-state index in [-0.39, 0.29) is 32.9 Å². The Kier molecular flexibility index (Phi) is 6.30. The molecule has 30 heavy (non-hydrogen) atoms. The number of hydrogen-bond acceptors (Lipinski definition) is 5. The first-order chi connectivity index (χ1) is 14.1. The second kappa shape index (κ2) is 8.58. The summed E-state index contributed by atoms with van der Waals surface area (Å²) in [7, 11) is -2.28. The summed E-state index contributed by atoms with van der Waals surface area (Å²) in [5.74, 6) is -1.80. The number of thiazole rings is 1. The normalized spacial score (nSPS) is 11.8. The molecule has 0 saturated carbocycles. The summed E-state index contributed by atoms with van der Waals surface area (Å²) in [6, 6.07) is 8.44. The fraction of sp³-hybridized carbons (Fsp3) is 0.200. The Labute approximate surface area is 177 Å². The van der Waals surface area contributed by atoms with Crippen LogP contribution in [0, 0.1) is 11.6 Å². The first-order valence-electron chi connectivity index (χ1n) is 8.90. The van der Waals surface area contributed by atoms with Gasteiger partial charge in [-0.25, -0.2) is 22.2 Å². The molecule has 0 bridgehead atoms. The molecule has 1 aromatic heterocycles. The lowest BCUT2D eigenvalue weighted by atomic mass is 10.1. The van der Waals surface area contributed by atoms with Crippen molar-refractivity contribution in [3.8, 4) is 11.3 Å². The molecule has 0 spiro atoms. The zero-order valence-electron chi connectivity index (χ0n) is 16.4. The van der Waals surface area contributed by atoms with Gasteiger partial charge >= 0.3 is 0 Å². The van der Waals surface area contributed by atoms with Gasteiger partial charge in [0.2, 0.25) is 10.0 Å². The second-order valence-electron chi connectivity index (χ2n) is 6.76. The first kappa shape index (κ1) is 22.0. The van der Waals surface area contributed by atoms with Gasteiger partial charge in [0.15, 0.2) is 5.13 Å². The third-order valence-corrected chi connectivity index (χ3v) is 7.22. The van der Waals surface area contributed by atoms with Crippen LogP contribution < -0.4 is 5.32 Å².